The molecule has 168 valence electrons. The van der Waals surface area contributed by atoms with Crippen LogP contribution < -0.4 is 14.2 Å². The molecule has 0 saturated heterocycles. The van der Waals surface area contributed by atoms with Crippen LogP contribution in [0.25, 0.3) is 11.3 Å². The summed E-state index contributed by atoms with van der Waals surface area (Å²) in [6, 6.07) is 3.80. The van der Waals surface area contributed by atoms with Crippen LogP contribution in [0.4, 0.5) is 0 Å². The van der Waals surface area contributed by atoms with Gasteiger partial charge in [0, 0.05) is 57.2 Å². The van der Waals surface area contributed by atoms with Crippen molar-refractivity contribution in [3.05, 3.63) is 24.5 Å². The Morgan fingerprint density at radius 1 is 0.742 bits per heavy atom. The van der Waals surface area contributed by atoms with Crippen molar-refractivity contribution >= 4 is 23.5 Å². The number of hydrogen-bond donors (Lipinski definition) is 0. The molecule has 0 spiro atoms. The second-order valence-corrected chi connectivity index (χ2v) is 7.28. The molecule has 3 heterocycles. The summed E-state index contributed by atoms with van der Waals surface area (Å²) >= 11 is 2.19. The Morgan fingerprint density at radius 2 is 1.35 bits per heavy atom. The lowest BCUT2D eigenvalue weighted by molar-refractivity contribution is 0.0726. The lowest BCUT2D eigenvalue weighted by atomic mass is 10.2. The van der Waals surface area contributed by atoms with Gasteiger partial charge in [0.05, 0.1) is 43.8 Å². The minimum atomic E-state index is 0.422. The summed E-state index contributed by atoms with van der Waals surface area (Å²) in [6.07, 6.45) is 5.85. The molecule has 0 atom stereocenters. The zero-order chi connectivity index (χ0) is 21.6. The molecular weight excluding hydrogens is 442 g/mol. The third kappa shape index (κ3) is 7.98. The number of pyridine rings is 1. The maximum absolute atomic E-state index is 5.73. The molecule has 0 aliphatic carbocycles. The van der Waals surface area contributed by atoms with Gasteiger partial charge in [-0.25, -0.2) is 0 Å². The van der Waals surface area contributed by atoms with Gasteiger partial charge in [0.1, 0.15) is 5.69 Å². The topological polar surface area (TPSA) is 111 Å². The van der Waals surface area contributed by atoms with Crippen molar-refractivity contribution in [1.82, 2.24) is 22.5 Å². The average Bonchev–Trinajstić information content (AvgIpc) is 3.46. The molecule has 0 N–H and O–H groups in total. The summed E-state index contributed by atoms with van der Waals surface area (Å²) in [5.74, 6) is 1.40. The Bertz CT molecular complexity index is 864. The SMILES string of the molecule is COc1nsnc1OCCCOCCCOCCCOc1nsnc1-c1cccnc1. The van der Waals surface area contributed by atoms with E-state index in [2.05, 4.69) is 22.5 Å². The van der Waals surface area contributed by atoms with E-state index in [9.17, 15) is 0 Å². The second kappa shape index (κ2) is 13.8. The minimum absolute atomic E-state index is 0.422. The van der Waals surface area contributed by atoms with Crippen LogP contribution in [0.5, 0.6) is 17.6 Å². The second-order valence-electron chi connectivity index (χ2n) is 6.22. The van der Waals surface area contributed by atoms with E-state index in [-0.39, 0.29) is 0 Å². The van der Waals surface area contributed by atoms with Gasteiger partial charge in [0.25, 0.3) is 17.6 Å². The Labute approximate surface area is 189 Å². The highest BCUT2D eigenvalue weighted by molar-refractivity contribution is 6.99. The van der Waals surface area contributed by atoms with E-state index in [1.165, 1.54) is 0 Å². The number of aromatic nitrogens is 5. The lowest BCUT2D eigenvalue weighted by Crippen LogP contribution is -2.08. The first kappa shape index (κ1) is 23.3. The molecule has 0 aliphatic heterocycles. The molecule has 0 saturated carbocycles. The van der Waals surface area contributed by atoms with Gasteiger partial charge in [0.15, 0.2) is 0 Å². The molecule has 12 heteroatoms. The largest absolute Gasteiger partial charge is 0.477 e. The van der Waals surface area contributed by atoms with Crippen LogP contribution >= 0.6 is 23.5 Å². The summed E-state index contributed by atoms with van der Waals surface area (Å²) in [7, 11) is 1.54. The van der Waals surface area contributed by atoms with Crippen molar-refractivity contribution in [3.63, 3.8) is 0 Å². The Kier molecular flexibility index (Phi) is 10.4. The molecule has 0 amide bonds. The molecule has 0 aliphatic rings. The smallest absolute Gasteiger partial charge is 0.291 e. The van der Waals surface area contributed by atoms with Gasteiger partial charge in [-0.15, -0.1) is 13.1 Å². The zero-order valence-electron chi connectivity index (χ0n) is 17.3. The van der Waals surface area contributed by atoms with E-state index in [0.717, 1.165) is 54.0 Å². The molecular formula is C19H25N5O5S2. The molecule has 0 aromatic carbocycles. The van der Waals surface area contributed by atoms with Crippen LogP contribution in [0.3, 0.4) is 0 Å². The van der Waals surface area contributed by atoms with Gasteiger partial charge in [-0.05, 0) is 18.6 Å². The summed E-state index contributed by atoms with van der Waals surface area (Å²) in [5, 5.41) is 0. The quantitative estimate of drug-likeness (QED) is 0.291. The average molecular weight is 468 g/mol. The van der Waals surface area contributed by atoms with Gasteiger partial charge < -0.3 is 23.7 Å². The number of rotatable bonds is 16. The van der Waals surface area contributed by atoms with Gasteiger partial charge in [-0.2, -0.15) is 4.37 Å². The molecule has 0 fully saturated rings. The predicted octanol–water partition coefficient (Wildman–Crippen LogP) is 3.12. The highest BCUT2D eigenvalue weighted by Crippen LogP contribution is 2.27. The molecule has 3 rings (SSSR count). The molecule has 31 heavy (non-hydrogen) atoms. The third-order valence-electron chi connectivity index (χ3n) is 3.94. The van der Waals surface area contributed by atoms with E-state index in [1.54, 1.807) is 19.5 Å². The summed E-state index contributed by atoms with van der Waals surface area (Å²) in [4.78, 5) is 4.10. The van der Waals surface area contributed by atoms with Gasteiger partial charge in [-0.1, -0.05) is 0 Å². The molecule has 0 radical (unpaired) electrons. The van der Waals surface area contributed by atoms with Crippen molar-refractivity contribution in [3.8, 4) is 28.9 Å². The highest BCUT2D eigenvalue weighted by Gasteiger charge is 2.12. The number of nitrogens with zero attached hydrogens (tertiary/aromatic N) is 5. The molecule has 0 unspecified atom stereocenters. The van der Waals surface area contributed by atoms with Crippen LogP contribution in [0.2, 0.25) is 0 Å². The van der Waals surface area contributed by atoms with Crippen LogP contribution in [-0.4, -0.2) is 69.2 Å². The van der Waals surface area contributed by atoms with Crippen molar-refractivity contribution in [2.24, 2.45) is 0 Å². The maximum atomic E-state index is 5.73. The van der Waals surface area contributed by atoms with E-state index in [4.69, 9.17) is 23.7 Å². The van der Waals surface area contributed by atoms with Crippen molar-refractivity contribution < 1.29 is 23.7 Å². The van der Waals surface area contributed by atoms with Crippen molar-refractivity contribution in [2.45, 2.75) is 19.3 Å². The Hall–Kier alpha value is -2.41. The van der Waals surface area contributed by atoms with Crippen LogP contribution in [0, 0.1) is 0 Å². The Balaban J connectivity index is 1.14. The molecule has 10 nitrogen and oxygen atoms in total. The first-order valence-electron chi connectivity index (χ1n) is 9.89. The third-order valence-corrected chi connectivity index (χ3v) is 4.94. The fourth-order valence-corrected chi connectivity index (χ4v) is 3.46. The Morgan fingerprint density at radius 3 is 2.03 bits per heavy atom. The fourth-order valence-electron chi connectivity index (χ4n) is 2.47. The monoisotopic (exact) mass is 467 g/mol. The first-order valence-corrected chi connectivity index (χ1v) is 11.3. The van der Waals surface area contributed by atoms with Gasteiger partial charge in [-0.3, -0.25) is 4.98 Å². The summed E-state index contributed by atoms with van der Waals surface area (Å²) in [5.41, 5.74) is 1.62. The summed E-state index contributed by atoms with van der Waals surface area (Å²) in [6.45, 7) is 3.57. The van der Waals surface area contributed by atoms with E-state index < -0.39 is 0 Å². The summed E-state index contributed by atoms with van der Waals surface area (Å²) < 4.78 is 43.9. The molecule has 3 aromatic heterocycles. The van der Waals surface area contributed by atoms with E-state index >= 15 is 0 Å². The maximum Gasteiger partial charge on any atom is 0.291 e. The number of ether oxygens (including phenoxy) is 5. The molecule has 0 bridgehead atoms. The van der Waals surface area contributed by atoms with Crippen molar-refractivity contribution in [1.29, 1.82) is 0 Å². The predicted molar refractivity (Wildman–Crippen MR) is 116 cm³/mol. The fraction of sp³-hybridized carbons (Fsp3) is 0.526. The van der Waals surface area contributed by atoms with Crippen LogP contribution in [0.1, 0.15) is 19.3 Å². The molecule has 3 aromatic rings. The van der Waals surface area contributed by atoms with Gasteiger partial charge >= 0.3 is 0 Å². The standard InChI is InChI=1S/C19H25N5O5S2/c1-25-18-19(24-31-23-18)29-13-5-11-27-9-3-8-26-10-4-12-28-17-16(21-30-22-17)15-6-2-7-20-14-15/h2,6-7,14H,3-5,8-13H2,1H3. The van der Waals surface area contributed by atoms with E-state index in [0.29, 0.717) is 57.3 Å². The zero-order valence-corrected chi connectivity index (χ0v) is 18.9. The van der Waals surface area contributed by atoms with Crippen LogP contribution in [-0.2, 0) is 9.47 Å². The normalized spacial score (nSPS) is 10.9. The minimum Gasteiger partial charge on any atom is -0.477 e. The lowest BCUT2D eigenvalue weighted by Gasteiger charge is -2.07. The first-order chi connectivity index (χ1) is 15.4. The number of hydrogen-bond acceptors (Lipinski definition) is 12. The van der Waals surface area contributed by atoms with Crippen molar-refractivity contribution in [2.75, 3.05) is 46.8 Å². The van der Waals surface area contributed by atoms with E-state index in [1.807, 2.05) is 12.1 Å². The van der Waals surface area contributed by atoms with Gasteiger partial charge in [0.2, 0.25) is 0 Å². The van der Waals surface area contributed by atoms with Crippen LogP contribution in [0.15, 0.2) is 24.5 Å². The number of methoxy groups -OCH3 is 1. The highest BCUT2D eigenvalue weighted by atomic mass is 32.1.